The molecule has 0 aliphatic heterocycles. The van der Waals surface area contributed by atoms with E-state index in [1.165, 1.54) is 23.1 Å². The lowest BCUT2D eigenvalue weighted by atomic mass is 10.2. The molecule has 9 heteroatoms. The molecule has 0 atom stereocenters. The Balaban J connectivity index is 1.51. The molecule has 6 nitrogen and oxygen atoms in total. The van der Waals surface area contributed by atoms with Crippen LogP contribution in [0.2, 0.25) is 5.02 Å². The highest BCUT2D eigenvalue weighted by Crippen LogP contribution is 2.29. The molecule has 2 heterocycles. The maximum Gasteiger partial charge on any atom is 0.233 e. The first kappa shape index (κ1) is 18.8. The Morgan fingerprint density at radius 2 is 2.23 bits per heavy atom. The first-order chi connectivity index (χ1) is 12.5. The van der Waals surface area contributed by atoms with Crippen LogP contribution in [0, 0.1) is 6.92 Å². The van der Waals surface area contributed by atoms with E-state index in [0.717, 1.165) is 21.4 Å². The Bertz CT molecular complexity index is 883. The number of benzene rings is 1. The van der Waals surface area contributed by atoms with Gasteiger partial charge in [-0.05, 0) is 36.8 Å². The van der Waals surface area contributed by atoms with Gasteiger partial charge in [0.25, 0.3) is 0 Å². The highest BCUT2D eigenvalue weighted by atomic mass is 35.5. The fourth-order valence-electron chi connectivity index (χ4n) is 2.07. The number of halogens is 1. The van der Waals surface area contributed by atoms with Crippen LogP contribution in [0.1, 0.15) is 11.3 Å². The fraction of sp³-hybridized carbons (Fsp3) is 0.235. The smallest absolute Gasteiger partial charge is 0.233 e. The van der Waals surface area contributed by atoms with E-state index in [1.807, 2.05) is 31.2 Å². The Labute approximate surface area is 164 Å². The maximum atomic E-state index is 12.2. The van der Waals surface area contributed by atoms with Crippen molar-refractivity contribution >= 4 is 51.4 Å². The molecule has 0 bridgehead atoms. The van der Waals surface area contributed by atoms with E-state index in [1.54, 1.807) is 24.3 Å². The highest BCUT2D eigenvalue weighted by molar-refractivity contribution is 8.01. The molecular weight excluding hydrogens is 392 g/mol. The number of carbonyl (C=O) groups excluding carboxylic acids is 1. The number of carbonyl (C=O) groups is 1. The van der Waals surface area contributed by atoms with Gasteiger partial charge in [0.1, 0.15) is 5.76 Å². The van der Waals surface area contributed by atoms with Gasteiger partial charge >= 0.3 is 0 Å². The Morgan fingerprint density at radius 1 is 1.38 bits per heavy atom. The Morgan fingerprint density at radius 3 is 2.96 bits per heavy atom. The van der Waals surface area contributed by atoms with Crippen molar-refractivity contribution in [2.24, 2.45) is 0 Å². The molecule has 1 amide bonds. The fourth-order valence-corrected chi connectivity index (χ4v) is 3.96. The molecule has 0 saturated carbocycles. The van der Waals surface area contributed by atoms with Crippen molar-refractivity contribution in [1.82, 2.24) is 15.1 Å². The molecule has 2 aromatic heterocycles. The molecule has 1 aromatic carbocycles. The van der Waals surface area contributed by atoms with Crippen molar-refractivity contribution in [3.63, 3.8) is 0 Å². The number of rotatable bonds is 7. The first-order valence-corrected chi connectivity index (χ1v) is 9.95. The lowest BCUT2D eigenvalue weighted by molar-refractivity contribution is -0.127. The summed E-state index contributed by atoms with van der Waals surface area (Å²) < 4.78 is 5.98. The topological polar surface area (TPSA) is 71.3 Å². The van der Waals surface area contributed by atoms with Crippen molar-refractivity contribution in [3.05, 3.63) is 52.9 Å². The number of amides is 1. The van der Waals surface area contributed by atoms with Gasteiger partial charge in [-0.15, -0.1) is 10.2 Å². The SMILES string of the molecule is Cc1ccc(Nc2nnc(SCC(=O)N(C)Cc3ccco3)s2)cc1Cl. The van der Waals surface area contributed by atoms with E-state index in [2.05, 4.69) is 15.5 Å². The number of furan rings is 1. The summed E-state index contributed by atoms with van der Waals surface area (Å²) in [6.07, 6.45) is 1.60. The summed E-state index contributed by atoms with van der Waals surface area (Å²) in [5, 5.41) is 12.7. The normalized spacial score (nSPS) is 10.7. The van der Waals surface area contributed by atoms with Gasteiger partial charge in [0.15, 0.2) is 4.34 Å². The average Bonchev–Trinajstić information content (AvgIpc) is 3.28. The van der Waals surface area contributed by atoms with Crippen LogP contribution >= 0.6 is 34.7 Å². The van der Waals surface area contributed by atoms with Crippen molar-refractivity contribution in [2.75, 3.05) is 18.1 Å². The predicted molar refractivity (Wildman–Crippen MR) is 105 cm³/mol. The van der Waals surface area contributed by atoms with Crippen LogP contribution in [-0.4, -0.2) is 33.8 Å². The number of hydrogen-bond acceptors (Lipinski definition) is 7. The lowest BCUT2D eigenvalue weighted by Gasteiger charge is -2.14. The van der Waals surface area contributed by atoms with Crippen LogP contribution in [-0.2, 0) is 11.3 Å². The van der Waals surface area contributed by atoms with E-state index < -0.39 is 0 Å². The summed E-state index contributed by atoms with van der Waals surface area (Å²) in [4.78, 5) is 13.8. The minimum atomic E-state index is 0.00132. The number of thioether (sulfide) groups is 1. The predicted octanol–water partition coefficient (Wildman–Crippen LogP) is 4.59. The highest BCUT2D eigenvalue weighted by Gasteiger charge is 2.13. The number of aryl methyl sites for hydroxylation is 1. The van der Waals surface area contributed by atoms with E-state index in [9.17, 15) is 4.79 Å². The van der Waals surface area contributed by atoms with E-state index >= 15 is 0 Å². The minimum absolute atomic E-state index is 0.00132. The van der Waals surface area contributed by atoms with Crippen molar-refractivity contribution < 1.29 is 9.21 Å². The lowest BCUT2D eigenvalue weighted by Crippen LogP contribution is -2.27. The van der Waals surface area contributed by atoms with Crippen molar-refractivity contribution in [2.45, 2.75) is 17.8 Å². The van der Waals surface area contributed by atoms with Gasteiger partial charge in [-0.2, -0.15) is 0 Å². The molecule has 0 fully saturated rings. The Hall–Kier alpha value is -2.03. The van der Waals surface area contributed by atoms with Gasteiger partial charge in [-0.3, -0.25) is 4.79 Å². The number of aromatic nitrogens is 2. The molecule has 136 valence electrons. The quantitative estimate of drug-likeness (QED) is 0.576. The molecule has 0 radical (unpaired) electrons. The average molecular weight is 409 g/mol. The molecule has 26 heavy (non-hydrogen) atoms. The van der Waals surface area contributed by atoms with Crippen LogP contribution in [0.5, 0.6) is 0 Å². The van der Waals surface area contributed by atoms with E-state index in [0.29, 0.717) is 22.5 Å². The molecule has 0 saturated heterocycles. The second-order valence-corrected chi connectivity index (χ2v) is 8.19. The summed E-state index contributed by atoms with van der Waals surface area (Å²) in [6.45, 7) is 2.40. The number of nitrogens with zero attached hydrogens (tertiary/aromatic N) is 3. The maximum absolute atomic E-state index is 12.2. The van der Waals surface area contributed by atoms with Crippen LogP contribution < -0.4 is 5.32 Å². The monoisotopic (exact) mass is 408 g/mol. The first-order valence-electron chi connectivity index (χ1n) is 7.77. The largest absolute Gasteiger partial charge is 0.467 e. The zero-order valence-corrected chi connectivity index (χ0v) is 16.6. The minimum Gasteiger partial charge on any atom is -0.467 e. The molecule has 1 N–H and O–H groups in total. The van der Waals surface area contributed by atoms with Gasteiger partial charge in [-0.1, -0.05) is 40.8 Å². The Kier molecular flexibility index (Phi) is 6.18. The van der Waals surface area contributed by atoms with Gasteiger partial charge in [-0.25, -0.2) is 0 Å². The van der Waals surface area contributed by atoms with Gasteiger partial charge in [0.05, 0.1) is 18.6 Å². The molecule has 3 aromatic rings. The van der Waals surface area contributed by atoms with Crippen molar-refractivity contribution in [1.29, 1.82) is 0 Å². The summed E-state index contributed by atoms with van der Waals surface area (Å²) in [5.74, 6) is 1.05. The molecule has 0 aliphatic rings. The van der Waals surface area contributed by atoms with E-state index in [-0.39, 0.29) is 5.91 Å². The number of hydrogen-bond donors (Lipinski definition) is 1. The van der Waals surface area contributed by atoms with Gasteiger partial charge in [0, 0.05) is 17.8 Å². The zero-order valence-electron chi connectivity index (χ0n) is 14.2. The second-order valence-electron chi connectivity index (χ2n) is 5.58. The summed E-state index contributed by atoms with van der Waals surface area (Å²) >= 11 is 8.88. The van der Waals surface area contributed by atoms with Crippen LogP contribution in [0.3, 0.4) is 0 Å². The molecular formula is C17H17ClN4O2S2. The van der Waals surface area contributed by atoms with E-state index in [4.69, 9.17) is 16.0 Å². The zero-order chi connectivity index (χ0) is 18.5. The number of anilines is 2. The molecule has 0 aliphatic carbocycles. The molecule has 0 unspecified atom stereocenters. The third kappa shape index (κ3) is 5.00. The van der Waals surface area contributed by atoms with Gasteiger partial charge < -0.3 is 14.6 Å². The third-order valence-electron chi connectivity index (χ3n) is 3.55. The standard InChI is InChI=1S/C17H17ClN4O2S2/c1-11-5-6-12(8-14(11)18)19-16-20-21-17(26-16)25-10-15(23)22(2)9-13-4-3-7-24-13/h3-8H,9-10H2,1-2H3,(H,19,20). The molecule has 3 rings (SSSR count). The van der Waals surface area contributed by atoms with Crippen LogP contribution in [0.15, 0.2) is 45.4 Å². The number of nitrogens with one attached hydrogen (secondary N) is 1. The second kappa shape index (κ2) is 8.57. The molecule has 0 spiro atoms. The summed E-state index contributed by atoms with van der Waals surface area (Å²) in [6, 6.07) is 9.37. The van der Waals surface area contributed by atoms with Gasteiger partial charge in [0.2, 0.25) is 11.0 Å². The third-order valence-corrected chi connectivity index (χ3v) is 5.91. The van der Waals surface area contributed by atoms with Crippen LogP contribution in [0.4, 0.5) is 10.8 Å². The summed E-state index contributed by atoms with van der Waals surface area (Å²) in [7, 11) is 1.75. The van der Waals surface area contributed by atoms with Crippen molar-refractivity contribution in [3.8, 4) is 0 Å². The summed E-state index contributed by atoms with van der Waals surface area (Å²) in [5.41, 5.74) is 1.87. The van der Waals surface area contributed by atoms with Crippen LogP contribution in [0.25, 0.3) is 0 Å².